The van der Waals surface area contributed by atoms with E-state index in [0.717, 1.165) is 19.0 Å². The number of ether oxygens (including phenoxy) is 1. The fourth-order valence-electron chi connectivity index (χ4n) is 4.12. The molecule has 2 aliphatic rings. The Kier molecular flexibility index (Phi) is 14.8. The predicted octanol–water partition coefficient (Wildman–Crippen LogP) is 8.18. The van der Waals surface area contributed by atoms with Crippen molar-refractivity contribution in [1.29, 1.82) is 0 Å². The summed E-state index contributed by atoms with van der Waals surface area (Å²) in [4.78, 5) is 2.42. The maximum atomic E-state index is 6.00. The molecule has 0 spiro atoms. The largest absolute Gasteiger partial charge is 0.366 e. The molecule has 28 heavy (non-hydrogen) atoms. The second kappa shape index (κ2) is 16.9. The van der Waals surface area contributed by atoms with E-state index in [4.69, 9.17) is 4.74 Å². The molecule has 0 bridgehead atoms. The highest BCUT2D eigenvalue weighted by atomic mass is 32.2. The average Bonchev–Trinajstić information content (AvgIpc) is 3.37. The molecule has 0 aromatic carbocycles. The molecule has 2 unspecified atom stereocenters. The maximum Gasteiger partial charge on any atom is 0.103 e. The molecule has 2 aliphatic heterocycles. The van der Waals surface area contributed by atoms with Gasteiger partial charge >= 0.3 is 0 Å². The van der Waals surface area contributed by atoms with E-state index in [-0.39, 0.29) is 0 Å². The van der Waals surface area contributed by atoms with Gasteiger partial charge in [-0.1, -0.05) is 96.8 Å². The monoisotopic (exact) mass is 427 g/mol. The van der Waals surface area contributed by atoms with Crippen LogP contribution in [-0.4, -0.2) is 34.6 Å². The minimum atomic E-state index is 0.464. The maximum absolute atomic E-state index is 6.00. The van der Waals surface area contributed by atoms with E-state index in [1.165, 1.54) is 103 Å². The van der Waals surface area contributed by atoms with Gasteiger partial charge in [-0.3, -0.25) is 0 Å². The number of thioether (sulfide) groups is 2. The minimum absolute atomic E-state index is 0.464. The number of hydrogen-bond donors (Lipinski definition) is 0. The normalized spacial score (nSPS) is 21.8. The number of unbranched alkanes of at least 4 members (excludes halogenated alkanes) is 14. The molecule has 0 N–H and O–H groups in total. The summed E-state index contributed by atoms with van der Waals surface area (Å²) >= 11 is 3.97. The van der Waals surface area contributed by atoms with Crippen molar-refractivity contribution in [1.82, 2.24) is 4.90 Å². The highest BCUT2D eigenvalue weighted by Gasteiger charge is 2.27. The first-order valence-electron chi connectivity index (χ1n) is 12.2. The lowest BCUT2D eigenvalue weighted by molar-refractivity contribution is 0.122. The molecule has 0 aliphatic carbocycles. The van der Waals surface area contributed by atoms with Gasteiger partial charge in [-0.05, 0) is 18.2 Å². The van der Waals surface area contributed by atoms with Crippen LogP contribution in [0.3, 0.4) is 0 Å². The topological polar surface area (TPSA) is 12.5 Å². The minimum Gasteiger partial charge on any atom is -0.366 e. The number of rotatable bonds is 18. The van der Waals surface area contributed by atoms with Crippen molar-refractivity contribution in [3.05, 3.63) is 11.6 Å². The van der Waals surface area contributed by atoms with Crippen molar-refractivity contribution in [2.24, 2.45) is 0 Å². The van der Waals surface area contributed by atoms with Crippen LogP contribution in [0.2, 0.25) is 0 Å². The van der Waals surface area contributed by atoms with Crippen LogP contribution >= 0.6 is 23.5 Å². The van der Waals surface area contributed by atoms with Gasteiger partial charge in [0.05, 0.1) is 12.5 Å². The zero-order valence-corrected chi connectivity index (χ0v) is 20.0. The van der Waals surface area contributed by atoms with Crippen LogP contribution in [0.5, 0.6) is 0 Å². The fourth-order valence-corrected chi connectivity index (χ4v) is 6.17. The van der Waals surface area contributed by atoms with E-state index in [1.807, 2.05) is 11.8 Å². The molecule has 4 heteroatoms. The third kappa shape index (κ3) is 12.0. The third-order valence-corrected chi connectivity index (χ3v) is 8.04. The molecule has 0 aromatic rings. The smallest absolute Gasteiger partial charge is 0.103 e. The quantitative estimate of drug-likeness (QED) is 0.204. The van der Waals surface area contributed by atoms with Gasteiger partial charge in [-0.2, -0.15) is 0 Å². The third-order valence-electron chi connectivity index (χ3n) is 5.90. The Morgan fingerprint density at radius 2 is 1.39 bits per heavy atom. The van der Waals surface area contributed by atoms with Gasteiger partial charge in [0, 0.05) is 18.0 Å². The van der Waals surface area contributed by atoms with Gasteiger partial charge < -0.3 is 9.64 Å². The van der Waals surface area contributed by atoms with Gasteiger partial charge in [0.2, 0.25) is 0 Å². The van der Waals surface area contributed by atoms with Crippen molar-refractivity contribution >= 4 is 23.5 Å². The summed E-state index contributed by atoms with van der Waals surface area (Å²) in [6, 6.07) is 0. The second-order valence-corrected chi connectivity index (χ2v) is 10.9. The lowest BCUT2D eigenvalue weighted by Gasteiger charge is -2.18. The van der Waals surface area contributed by atoms with Crippen LogP contribution in [0.15, 0.2) is 11.6 Å². The fraction of sp³-hybridized carbons (Fsp3) is 0.917. The molecule has 0 amide bonds. The summed E-state index contributed by atoms with van der Waals surface area (Å²) in [7, 11) is 0. The molecule has 2 nitrogen and oxygen atoms in total. The van der Waals surface area contributed by atoms with Gasteiger partial charge in [-0.25, -0.2) is 0 Å². The van der Waals surface area contributed by atoms with Crippen molar-refractivity contribution in [2.75, 3.05) is 19.0 Å². The first-order chi connectivity index (χ1) is 13.9. The van der Waals surface area contributed by atoms with Gasteiger partial charge in [0.25, 0.3) is 0 Å². The molecule has 0 radical (unpaired) electrons. The molecular weight excluding hydrogens is 382 g/mol. The van der Waals surface area contributed by atoms with E-state index in [9.17, 15) is 0 Å². The van der Waals surface area contributed by atoms with Crippen LogP contribution < -0.4 is 0 Å². The highest BCUT2D eigenvalue weighted by molar-refractivity contribution is 8.02. The van der Waals surface area contributed by atoms with E-state index in [0.29, 0.717) is 10.7 Å². The predicted molar refractivity (Wildman–Crippen MR) is 129 cm³/mol. The summed E-state index contributed by atoms with van der Waals surface area (Å²) in [6.07, 6.45) is 25.1. The lowest BCUT2D eigenvalue weighted by atomic mass is 10.0. The molecule has 0 aromatic heterocycles. The van der Waals surface area contributed by atoms with Crippen molar-refractivity contribution in [3.8, 4) is 0 Å². The number of nitrogens with zero attached hydrogens (tertiary/aromatic N) is 1. The molecule has 164 valence electrons. The van der Waals surface area contributed by atoms with Crippen LogP contribution in [-0.2, 0) is 4.74 Å². The highest BCUT2D eigenvalue weighted by Crippen LogP contribution is 2.32. The summed E-state index contributed by atoms with van der Waals surface area (Å²) < 4.78 is 6.00. The molecular formula is C24H45NOS2. The second-order valence-electron chi connectivity index (χ2n) is 8.61. The van der Waals surface area contributed by atoms with Crippen molar-refractivity contribution < 1.29 is 4.74 Å². The van der Waals surface area contributed by atoms with Crippen LogP contribution in [0.25, 0.3) is 0 Å². The van der Waals surface area contributed by atoms with Crippen molar-refractivity contribution in [3.63, 3.8) is 0 Å². The SMILES string of the molecule is CCCCCCCCCCCCCCCCCC1OCC(CN2C=CSC2)S1. The molecule has 2 heterocycles. The summed E-state index contributed by atoms with van der Waals surface area (Å²) in [5.41, 5.74) is 0.464. The Bertz CT molecular complexity index is 391. The van der Waals surface area contributed by atoms with E-state index >= 15 is 0 Å². The lowest BCUT2D eigenvalue weighted by Crippen LogP contribution is -2.24. The Morgan fingerprint density at radius 3 is 1.93 bits per heavy atom. The summed E-state index contributed by atoms with van der Waals surface area (Å²) in [6.45, 7) is 4.40. The van der Waals surface area contributed by atoms with Crippen LogP contribution in [0.1, 0.15) is 110 Å². The Balaban J connectivity index is 1.27. The summed E-state index contributed by atoms with van der Waals surface area (Å²) in [5.74, 6) is 1.13. The van der Waals surface area contributed by atoms with E-state index < -0.39 is 0 Å². The van der Waals surface area contributed by atoms with Crippen molar-refractivity contribution in [2.45, 2.75) is 120 Å². The van der Waals surface area contributed by atoms with Crippen LogP contribution in [0.4, 0.5) is 0 Å². The standard InChI is InChI=1S/C24H45NOS2/c1-2-3-4-5-6-7-8-9-10-11-12-13-14-15-16-17-24-26-21-23(28-24)20-25-18-19-27-22-25/h18-19,23-24H,2-17,20-22H2,1H3. The van der Waals surface area contributed by atoms with Crippen LogP contribution in [0, 0.1) is 0 Å². The zero-order valence-electron chi connectivity index (χ0n) is 18.4. The van der Waals surface area contributed by atoms with Gasteiger partial charge in [-0.15, -0.1) is 23.5 Å². The average molecular weight is 428 g/mol. The molecule has 0 saturated carbocycles. The van der Waals surface area contributed by atoms with E-state index in [2.05, 4.69) is 35.2 Å². The Labute approximate surface area is 184 Å². The first-order valence-corrected chi connectivity index (χ1v) is 14.2. The zero-order chi connectivity index (χ0) is 19.7. The Hall–Kier alpha value is 0.200. The molecule has 1 saturated heterocycles. The van der Waals surface area contributed by atoms with E-state index in [1.54, 1.807) is 0 Å². The van der Waals surface area contributed by atoms with Gasteiger partial charge in [0.15, 0.2) is 0 Å². The molecule has 2 atom stereocenters. The summed E-state index contributed by atoms with van der Waals surface area (Å²) in [5, 5.41) is 2.87. The molecule has 1 fully saturated rings. The van der Waals surface area contributed by atoms with Gasteiger partial charge in [0.1, 0.15) is 5.44 Å². The molecule has 2 rings (SSSR count). The number of hydrogen-bond acceptors (Lipinski definition) is 4. The first kappa shape index (κ1) is 24.5. The Morgan fingerprint density at radius 1 is 0.821 bits per heavy atom.